The van der Waals surface area contributed by atoms with Gasteiger partial charge >= 0.3 is 0 Å². The quantitative estimate of drug-likeness (QED) is 0.600. The minimum atomic E-state index is 0.820. The van der Waals surface area contributed by atoms with Gasteiger partial charge in [0.2, 0.25) is 0 Å². The molecule has 1 aliphatic heterocycles. The summed E-state index contributed by atoms with van der Waals surface area (Å²) in [6.07, 6.45) is 8.98. The summed E-state index contributed by atoms with van der Waals surface area (Å²) in [6.45, 7) is 1.85. The summed E-state index contributed by atoms with van der Waals surface area (Å²) in [5, 5.41) is 8.54. The number of aryl methyl sites for hydroxylation is 1. The van der Waals surface area contributed by atoms with Crippen molar-refractivity contribution in [2.45, 2.75) is 19.3 Å². The van der Waals surface area contributed by atoms with Crippen LogP contribution in [0.15, 0.2) is 41.5 Å². The number of rotatable bonds is 6. The Bertz CT molecular complexity index is 631. The highest BCUT2D eigenvalue weighted by Crippen LogP contribution is 2.12. The van der Waals surface area contributed by atoms with Gasteiger partial charge in [-0.25, -0.2) is 4.58 Å². The minimum absolute atomic E-state index is 0.820. The molecule has 2 aromatic heterocycles. The second-order valence-electron chi connectivity index (χ2n) is 4.98. The van der Waals surface area contributed by atoms with E-state index in [0.717, 1.165) is 49.4 Å². The van der Waals surface area contributed by atoms with Gasteiger partial charge in [-0.3, -0.25) is 4.98 Å². The Kier molecular flexibility index (Phi) is 4.41. The van der Waals surface area contributed by atoms with Gasteiger partial charge in [0, 0.05) is 6.20 Å². The molecule has 0 atom stereocenters. The third-order valence-corrected chi connectivity index (χ3v) is 3.40. The van der Waals surface area contributed by atoms with Crippen LogP contribution in [0.3, 0.4) is 0 Å². The fraction of sp³-hybridized carbons (Fsp3) is 0.312. The van der Waals surface area contributed by atoms with Crippen molar-refractivity contribution >= 4 is 12.6 Å². The SMILES string of the molecule is C1=NCC=[N+]1CCCCc1ccc(-c2ccccn2)nn1. The van der Waals surface area contributed by atoms with Gasteiger partial charge in [0.1, 0.15) is 11.9 Å². The van der Waals surface area contributed by atoms with Gasteiger partial charge in [-0.2, -0.15) is 5.10 Å². The Morgan fingerprint density at radius 2 is 2.00 bits per heavy atom. The maximum atomic E-state index is 4.29. The molecule has 0 aliphatic carbocycles. The van der Waals surface area contributed by atoms with Crippen LogP contribution >= 0.6 is 0 Å². The normalized spacial score (nSPS) is 13.4. The Morgan fingerprint density at radius 1 is 1.00 bits per heavy atom. The van der Waals surface area contributed by atoms with Crippen LogP contribution in [0.4, 0.5) is 0 Å². The van der Waals surface area contributed by atoms with Gasteiger partial charge in [-0.15, -0.1) is 5.10 Å². The molecular weight excluding hydrogens is 262 g/mol. The van der Waals surface area contributed by atoms with Crippen LogP contribution < -0.4 is 0 Å². The lowest BCUT2D eigenvalue weighted by atomic mass is 10.1. The number of hydrogen-bond donors (Lipinski definition) is 0. The number of aliphatic imine (C=N–C) groups is 1. The van der Waals surface area contributed by atoms with Crippen LogP contribution in [0.2, 0.25) is 0 Å². The topological polar surface area (TPSA) is 54.0 Å². The zero-order chi connectivity index (χ0) is 14.3. The lowest BCUT2D eigenvalue weighted by molar-refractivity contribution is -0.391. The molecule has 3 rings (SSSR count). The summed E-state index contributed by atoms with van der Waals surface area (Å²) in [4.78, 5) is 8.43. The summed E-state index contributed by atoms with van der Waals surface area (Å²) in [6, 6.07) is 9.83. The fourth-order valence-electron chi connectivity index (χ4n) is 2.24. The molecular formula is C16H18N5+. The van der Waals surface area contributed by atoms with Crippen molar-refractivity contribution in [2.75, 3.05) is 13.1 Å². The third-order valence-electron chi connectivity index (χ3n) is 3.40. The molecule has 0 unspecified atom stereocenters. The van der Waals surface area contributed by atoms with E-state index in [1.54, 1.807) is 6.20 Å². The average molecular weight is 280 g/mol. The Balaban J connectivity index is 1.49. The number of nitrogens with zero attached hydrogens (tertiary/aromatic N) is 5. The predicted octanol–water partition coefficient (Wildman–Crippen LogP) is 1.99. The molecule has 1 aliphatic rings. The maximum Gasteiger partial charge on any atom is 0.280 e. The number of hydrogen-bond acceptors (Lipinski definition) is 4. The van der Waals surface area contributed by atoms with Crippen LogP contribution in [0.1, 0.15) is 18.5 Å². The molecule has 0 saturated heterocycles. The van der Waals surface area contributed by atoms with E-state index in [0.29, 0.717) is 0 Å². The van der Waals surface area contributed by atoms with Crippen molar-refractivity contribution in [2.24, 2.45) is 4.99 Å². The first-order chi connectivity index (χ1) is 10.4. The number of aromatic nitrogens is 3. The highest BCUT2D eigenvalue weighted by molar-refractivity contribution is 5.67. The largest absolute Gasteiger partial charge is 0.280 e. The van der Waals surface area contributed by atoms with Crippen molar-refractivity contribution in [1.29, 1.82) is 0 Å². The minimum Gasteiger partial charge on any atom is -0.255 e. The molecule has 0 bridgehead atoms. The zero-order valence-corrected chi connectivity index (χ0v) is 11.9. The van der Waals surface area contributed by atoms with Crippen molar-refractivity contribution in [1.82, 2.24) is 15.2 Å². The molecule has 5 heteroatoms. The molecule has 2 aromatic rings. The van der Waals surface area contributed by atoms with Gasteiger partial charge in [0.15, 0.2) is 6.54 Å². The molecule has 0 fully saturated rings. The molecule has 0 saturated carbocycles. The summed E-state index contributed by atoms with van der Waals surface area (Å²) >= 11 is 0. The summed E-state index contributed by atoms with van der Waals surface area (Å²) in [7, 11) is 0. The molecule has 0 amide bonds. The van der Waals surface area contributed by atoms with Crippen molar-refractivity contribution in [3.8, 4) is 11.4 Å². The Labute approximate surface area is 124 Å². The van der Waals surface area contributed by atoms with E-state index in [2.05, 4.69) is 31.0 Å². The van der Waals surface area contributed by atoms with Crippen molar-refractivity contribution < 1.29 is 4.58 Å². The third kappa shape index (κ3) is 3.78. The molecule has 0 N–H and O–H groups in total. The second kappa shape index (κ2) is 6.83. The molecule has 3 heterocycles. The molecule has 5 nitrogen and oxygen atoms in total. The van der Waals surface area contributed by atoms with Crippen molar-refractivity contribution in [3.05, 3.63) is 42.2 Å². The molecule has 21 heavy (non-hydrogen) atoms. The van der Waals surface area contributed by atoms with E-state index in [1.165, 1.54) is 0 Å². The molecule has 106 valence electrons. The van der Waals surface area contributed by atoms with Crippen LogP contribution in [-0.4, -0.2) is 45.4 Å². The highest BCUT2D eigenvalue weighted by atomic mass is 15.1. The van der Waals surface area contributed by atoms with E-state index in [4.69, 9.17) is 0 Å². The standard InChI is InChI=1S/C16H18N5/c1-3-9-18-15(6-1)16-8-7-14(19-20-16)5-2-4-11-21-12-10-17-13-21/h1,3,6-9,12-13H,2,4-5,10-11H2/q+1. The van der Waals surface area contributed by atoms with Gasteiger partial charge in [0.05, 0.1) is 17.9 Å². The zero-order valence-electron chi connectivity index (χ0n) is 11.9. The number of unbranched alkanes of at least 4 members (excludes halogenated alkanes) is 1. The Hall–Kier alpha value is -2.43. The maximum absolute atomic E-state index is 4.29. The van der Waals surface area contributed by atoms with Crippen LogP contribution in [0.25, 0.3) is 11.4 Å². The van der Waals surface area contributed by atoms with Crippen LogP contribution in [0, 0.1) is 0 Å². The first-order valence-electron chi connectivity index (χ1n) is 7.25. The summed E-state index contributed by atoms with van der Waals surface area (Å²) < 4.78 is 2.15. The lowest BCUT2D eigenvalue weighted by Crippen LogP contribution is -2.09. The van der Waals surface area contributed by atoms with Gasteiger partial charge < -0.3 is 0 Å². The smallest absolute Gasteiger partial charge is 0.255 e. The first-order valence-corrected chi connectivity index (χ1v) is 7.25. The lowest BCUT2D eigenvalue weighted by Gasteiger charge is -2.02. The van der Waals surface area contributed by atoms with E-state index in [-0.39, 0.29) is 0 Å². The van der Waals surface area contributed by atoms with Gasteiger partial charge in [0.25, 0.3) is 6.34 Å². The number of pyridine rings is 1. The average Bonchev–Trinajstić information content (AvgIpc) is 3.06. The monoisotopic (exact) mass is 280 g/mol. The van der Waals surface area contributed by atoms with E-state index in [1.807, 2.05) is 36.7 Å². The van der Waals surface area contributed by atoms with Gasteiger partial charge in [-0.1, -0.05) is 11.1 Å². The van der Waals surface area contributed by atoms with Crippen LogP contribution in [-0.2, 0) is 6.42 Å². The molecule has 0 aromatic carbocycles. The van der Waals surface area contributed by atoms with E-state index in [9.17, 15) is 0 Å². The van der Waals surface area contributed by atoms with E-state index < -0.39 is 0 Å². The van der Waals surface area contributed by atoms with Crippen molar-refractivity contribution in [3.63, 3.8) is 0 Å². The van der Waals surface area contributed by atoms with Crippen LogP contribution in [0.5, 0.6) is 0 Å². The molecule has 0 radical (unpaired) electrons. The highest BCUT2D eigenvalue weighted by Gasteiger charge is 2.05. The van der Waals surface area contributed by atoms with E-state index >= 15 is 0 Å². The molecule has 0 spiro atoms. The predicted molar refractivity (Wildman–Crippen MR) is 82.8 cm³/mol. The van der Waals surface area contributed by atoms with Gasteiger partial charge in [-0.05, 0) is 43.5 Å². The first kappa shape index (κ1) is 13.5. The fourth-order valence-corrected chi connectivity index (χ4v) is 2.24. The Morgan fingerprint density at radius 3 is 2.71 bits per heavy atom. The summed E-state index contributed by atoms with van der Waals surface area (Å²) in [5.41, 5.74) is 2.72. The summed E-state index contributed by atoms with van der Waals surface area (Å²) in [5.74, 6) is 0. The second-order valence-corrected chi connectivity index (χ2v) is 4.98.